The van der Waals surface area contributed by atoms with Gasteiger partial charge >= 0.3 is 6.36 Å². The van der Waals surface area contributed by atoms with Crippen LogP contribution in [0.15, 0.2) is 42.5 Å². The van der Waals surface area contributed by atoms with E-state index in [0.29, 0.717) is 4.90 Å². The topological polar surface area (TPSA) is 46.6 Å². The minimum absolute atomic E-state index is 0.0612. The number of fused-ring (bicyclic) bond motifs is 1. The highest BCUT2D eigenvalue weighted by Crippen LogP contribution is 2.38. The molecule has 4 nitrogen and oxygen atoms in total. The molecule has 0 unspecified atom stereocenters. The average Bonchev–Trinajstić information content (AvgIpc) is 2.72. The van der Waals surface area contributed by atoms with E-state index in [2.05, 4.69) is 4.74 Å². The highest BCUT2D eigenvalue weighted by atomic mass is 35.5. The number of amides is 2. The molecule has 1 aliphatic heterocycles. The first-order valence-electron chi connectivity index (χ1n) is 6.31. The van der Waals surface area contributed by atoms with Crippen LogP contribution in [0.4, 0.5) is 18.9 Å². The normalized spacial score (nSPS) is 14.2. The zero-order valence-corrected chi connectivity index (χ0v) is 12.0. The molecular weight excluding hydrogens is 335 g/mol. The molecule has 0 saturated carbocycles. The summed E-state index contributed by atoms with van der Waals surface area (Å²) in [5, 5.41) is 0.0612. The molecule has 2 aromatic rings. The molecule has 0 aromatic heterocycles. The van der Waals surface area contributed by atoms with Gasteiger partial charge in [-0.05, 0) is 30.3 Å². The van der Waals surface area contributed by atoms with Crippen LogP contribution >= 0.6 is 11.6 Å². The number of alkyl halides is 3. The third kappa shape index (κ3) is 2.75. The number of ether oxygens (including phenoxy) is 1. The van der Waals surface area contributed by atoms with E-state index in [1.165, 1.54) is 18.2 Å². The molecule has 0 saturated heterocycles. The molecule has 0 N–H and O–H groups in total. The zero-order chi connectivity index (χ0) is 16.8. The number of imide groups is 1. The Morgan fingerprint density at radius 1 is 0.957 bits per heavy atom. The van der Waals surface area contributed by atoms with Gasteiger partial charge in [0.05, 0.1) is 16.8 Å². The summed E-state index contributed by atoms with van der Waals surface area (Å²) in [5.74, 6) is -2.16. The molecule has 3 rings (SSSR count). The first-order chi connectivity index (χ1) is 10.8. The first-order valence-corrected chi connectivity index (χ1v) is 6.69. The SMILES string of the molecule is O=C1c2ccccc2C(=O)N1c1cc(Cl)ccc1OC(F)(F)F. The Labute approximate surface area is 133 Å². The lowest BCUT2D eigenvalue weighted by molar-refractivity contribution is -0.274. The van der Waals surface area contributed by atoms with Crippen LogP contribution in [-0.4, -0.2) is 18.2 Å². The van der Waals surface area contributed by atoms with Crippen molar-refractivity contribution < 1.29 is 27.5 Å². The number of hydrogen-bond acceptors (Lipinski definition) is 3. The van der Waals surface area contributed by atoms with Crippen LogP contribution < -0.4 is 9.64 Å². The predicted octanol–water partition coefficient (Wildman–Crippen LogP) is 4.04. The Kier molecular flexibility index (Phi) is 3.52. The van der Waals surface area contributed by atoms with Crippen LogP contribution in [0.2, 0.25) is 5.02 Å². The minimum Gasteiger partial charge on any atom is -0.404 e. The predicted molar refractivity (Wildman–Crippen MR) is 75.7 cm³/mol. The summed E-state index contributed by atoms with van der Waals surface area (Å²) < 4.78 is 41.5. The number of carbonyl (C=O) groups is 2. The molecule has 0 radical (unpaired) electrons. The largest absolute Gasteiger partial charge is 0.573 e. The van der Waals surface area contributed by atoms with Crippen LogP contribution in [0.25, 0.3) is 0 Å². The molecule has 0 atom stereocenters. The number of benzene rings is 2. The van der Waals surface area contributed by atoms with Crippen molar-refractivity contribution in [1.82, 2.24) is 0 Å². The van der Waals surface area contributed by atoms with E-state index in [1.54, 1.807) is 12.1 Å². The summed E-state index contributed by atoms with van der Waals surface area (Å²) >= 11 is 5.79. The highest BCUT2D eigenvalue weighted by molar-refractivity contribution is 6.36. The molecule has 1 heterocycles. The van der Waals surface area contributed by atoms with Crippen molar-refractivity contribution in [3.63, 3.8) is 0 Å². The summed E-state index contributed by atoms with van der Waals surface area (Å²) in [6.45, 7) is 0. The van der Waals surface area contributed by atoms with Crippen molar-refractivity contribution in [2.45, 2.75) is 6.36 Å². The van der Waals surface area contributed by atoms with Gasteiger partial charge in [0.1, 0.15) is 0 Å². The van der Waals surface area contributed by atoms with Crippen LogP contribution in [0.3, 0.4) is 0 Å². The number of anilines is 1. The standard InChI is InChI=1S/C15H7ClF3NO3/c16-8-5-6-12(23-15(17,18)19)11(7-8)20-13(21)9-3-1-2-4-10(9)14(20)22/h1-7H. The fraction of sp³-hybridized carbons (Fsp3) is 0.0667. The fourth-order valence-corrected chi connectivity index (χ4v) is 2.45. The summed E-state index contributed by atoms with van der Waals surface area (Å²) in [6, 6.07) is 9.15. The van der Waals surface area contributed by atoms with E-state index in [9.17, 15) is 22.8 Å². The zero-order valence-electron chi connectivity index (χ0n) is 11.2. The van der Waals surface area contributed by atoms with Gasteiger partial charge in [0.2, 0.25) is 0 Å². The highest BCUT2D eigenvalue weighted by Gasteiger charge is 2.40. The number of rotatable bonds is 2. The van der Waals surface area contributed by atoms with Crippen molar-refractivity contribution in [2.24, 2.45) is 0 Å². The first kappa shape index (κ1) is 15.4. The second-order valence-electron chi connectivity index (χ2n) is 4.65. The van der Waals surface area contributed by atoms with Crippen molar-refractivity contribution >= 4 is 29.1 Å². The van der Waals surface area contributed by atoms with Gasteiger partial charge in [0, 0.05) is 5.02 Å². The third-order valence-corrected chi connectivity index (χ3v) is 3.42. The molecule has 118 valence electrons. The number of hydrogen-bond donors (Lipinski definition) is 0. The van der Waals surface area contributed by atoms with Gasteiger partial charge in [-0.2, -0.15) is 0 Å². The van der Waals surface area contributed by atoms with E-state index < -0.39 is 23.9 Å². The lowest BCUT2D eigenvalue weighted by Crippen LogP contribution is -2.30. The second-order valence-corrected chi connectivity index (χ2v) is 5.09. The monoisotopic (exact) mass is 341 g/mol. The Morgan fingerprint density at radius 3 is 2.04 bits per heavy atom. The van der Waals surface area contributed by atoms with Gasteiger partial charge in [-0.3, -0.25) is 9.59 Å². The third-order valence-electron chi connectivity index (χ3n) is 3.18. The summed E-state index contributed by atoms with van der Waals surface area (Å²) in [4.78, 5) is 25.3. The van der Waals surface area contributed by atoms with Gasteiger partial charge in [-0.15, -0.1) is 13.2 Å². The smallest absolute Gasteiger partial charge is 0.404 e. The van der Waals surface area contributed by atoms with Crippen LogP contribution in [0.1, 0.15) is 20.7 Å². The number of nitrogens with zero attached hydrogens (tertiary/aromatic N) is 1. The van der Waals surface area contributed by atoms with Crippen LogP contribution in [0, 0.1) is 0 Å². The average molecular weight is 342 g/mol. The maximum atomic E-state index is 12.5. The van der Waals surface area contributed by atoms with Crippen LogP contribution in [-0.2, 0) is 0 Å². The van der Waals surface area contributed by atoms with Crippen molar-refractivity contribution in [3.8, 4) is 5.75 Å². The van der Waals surface area contributed by atoms with E-state index in [4.69, 9.17) is 11.6 Å². The lowest BCUT2D eigenvalue weighted by Gasteiger charge is -2.19. The van der Waals surface area contributed by atoms with Gasteiger partial charge in [-0.1, -0.05) is 23.7 Å². The van der Waals surface area contributed by atoms with Crippen LogP contribution in [0.5, 0.6) is 5.75 Å². The summed E-state index contributed by atoms with van der Waals surface area (Å²) in [6.07, 6.45) is -4.97. The van der Waals surface area contributed by atoms with Crippen molar-refractivity contribution in [1.29, 1.82) is 0 Å². The minimum atomic E-state index is -4.97. The fourth-order valence-electron chi connectivity index (χ4n) is 2.28. The molecule has 8 heteroatoms. The Morgan fingerprint density at radius 2 is 1.52 bits per heavy atom. The lowest BCUT2D eigenvalue weighted by atomic mass is 10.1. The molecule has 0 bridgehead atoms. The Balaban J connectivity index is 2.11. The second kappa shape index (κ2) is 5.27. The molecule has 23 heavy (non-hydrogen) atoms. The van der Waals surface area contributed by atoms with E-state index in [0.717, 1.165) is 12.1 Å². The summed E-state index contributed by atoms with van der Waals surface area (Å²) in [7, 11) is 0. The number of carbonyl (C=O) groups excluding carboxylic acids is 2. The Hall–Kier alpha value is -2.54. The van der Waals surface area contributed by atoms with Gasteiger partial charge in [-0.25, -0.2) is 4.90 Å². The van der Waals surface area contributed by atoms with E-state index >= 15 is 0 Å². The van der Waals surface area contributed by atoms with Gasteiger partial charge in [0.25, 0.3) is 11.8 Å². The molecule has 0 aliphatic carbocycles. The molecule has 0 spiro atoms. The number of halogens is 4. The maximum absolute atomic E-state index is 12.5. The Bertz CT molecular complexity index is 785. The molecule has 1 aliphatic rings. The maximum Gasteiger partial charge on any atom is 0.573 e. The quantitative estimate of drug-likeness (QED) is 0.774. The molecule has 2 aromatic carbocycles. The molecular formula is C15H7ClF3NO3. The molecule has 2 amide bonds. The van der Waals surface area contributed by atoms with E-state index in [1.807, 2.05) is 0 Å². The van der Waals surface area contributed by atoms with Crippen molar-refractivity contribution in [2.75, 3.05) is 4.90 Å². The van der Waals surface area contributed by atoms with Crippen molar-refractivity contribution in [3.05, 3.63) is 58.6 Å². The van der Waals surface area contributed by atoms with E-state index in [-0.39, 0.29) is 21.8 Å². The van der Waals surface area contributed by atoms with Gasteiger partial charge in [0.15, 0.2) is 5.75 Å². The molecule has 0 fully saturated rings. The van der Waals surface area contributed by atoms with Gasteiger partial charge < -0.3 is 4.74 Å². The summed E-state index contributed by atoms with van der Waals surface area (Å²) in [5.41, 5.74) is -0.146.